The first kappa shape index (κ1) is 17.7. The summed E-state index contributed by atoms with van der Waals surface area (Å²) in [6.45, 7) is 2.85. The average Bonchev–Trinajstić information content (AvgIpc) is 3.45. The molecule has 0 atom stereocenters. The second-order valence-corrected chi connectivity index (χ2v) is 7.02. The van der Waals surface area contributed by atoms with Crippen molar-refractivity contribution in [2.45, 2.75) is 31.6 Å². The average molecular weight is 339 g/mol. The molecule has 134 valence electrons. The van der Waals surface area contributed by atoms with E-state index in [1.807, 2.05) is 0 Å². The van der Waals surface area contributed by atoms with Crippen LogP contribution in [0.15, 0.2) is 36.4 Å². The molecule has 1 aromatic heterocycles. The third-order valence-electron chi connectivity index (χ3n) is 4.37. The summed E-state index contributed by atoms with van der Waals surface area (Å²) in [6.07, 6.45) is 4.58. The lowest BCUT2D eigenvalue weighted by atomic mass is 10.1. The summed E-state index contributed by atoms with van der Waals surface area (Å²) < 4.78 is 0. The van der Waals surface area contributed by atoms with E-state index in [2.05, 4.69) is 71.0 Å². The summed E-state index contributed by atoms with van der Waals surface area (Å²) >= 11 is 0. The normalized spacial score (nSPS) is 13.9. The van der Waals surface area contributed by atoms with Gasteiger partial charge in [0.1, 0.15) is 5.82 Å². The Labute approximate surface area is 150 Å². The van der Waals surface area contributed by atoms with Gasteiger partial charge >= 0.3 is 0 Å². The third-order valence-corrected chi connectivity index (χ3v) is 4.37. The highest BCUT2D eigenvalue weighted by atomic mass is 15.1. The van der Waals surface area contributed by atoms with Gasteiger partial charge in [-0.2, -0.15) is 4.98 Å². The van der Waals surface area contributed by atoms with Gasteiger partial charge in [-0.15, -0.1) is 0 Å². The van der Waals surface area contributed by atoms with E-state index in [4.69, 9.17) is 4.98 Å². The maximum Gasteiger partial charge on any atom is 0.224 e. The molecular formula is C20H29N5. The van der Waals surface area contributed by atoms with Crippen LogP contribution in [0.4, 0.5) is 11.8 Å². The first-order chi connectivity index (χ1) is 12.2. The minimum Gasteiger partial charge on any atom is -0.370 e. The van der Waals surface area contributed by atoms with Crippen molar-refractivity contribution in [1.29, 1.82) is 0 Å². The van der Waals surface area contributed by atoms with Crippen LogP contribution in [-0.4, -0.2) is 48.6 Å². The fourth-order valence-electron chi connectivity index (χ4n) is 2.80. The molecule has 0 unspecified atom stereocenters. The molecule has 1 aliphatic carbocycles. The Bertz CT molecular complexity index is 652. The zero-order chi connectivity index (χ0) is 17.5. The Morgan fingerprint density at radius 1 is 1.04 bits per heavy atom. The van der Waals surface area contributed by atoms with E-state index in [-0.39, 0.29) is 0 Å². The number of rotatable bonds is 10. The number of nitrogens with one attached hydrogen (secondary N) is 2. The predicted octanol–water partition coefficient (Wildman–Crippen LogP) is 3.37. The Morgan fingerprint density at radius 2 is 1.84 bits per heavy atom. The largest absolute Gasteiger partial charge is 0.370 e. The SMILES string of the molecule is CN(C)CCCNc1nc(NCCc2ccccc2)cc(C2CC2)n1. The van der Waals surface area contributed by atoms with Crippen molar-refractivity contribution in [1.82, 2.24) is 14.9 Å². The number of hydrogen-bond acceptors (Lipinski definition) is 5. The molecule has 1 aromatic carbocycles. The van der Waals surface area contributed by atoms with Gasteiger partial charge in [0.15, 0.2) is 0 Å². The third kappa shape index (κ3) is 6.02. The summed E-state index contributed by atoms with van der Waals surface area (Å²) in [5.41, 5.74) is 2.51. The van der Waals surface area contributed by atoms with Gasteiger partial charge in [0.25, 0.3) is 0 Å². The molecule has 0 amide bonds. The van der Waals surface area contributed by atoms with E-state index in [0.717, 1.165) is 44.2 Å². The molecule has 1 aliphatic rings. The van der Waals surface area contributed by atoms with Crippen LogP contribution in [0.25, 0.3) is 0 Å². The van der Waals surface area contributed by atoms with E-state index in [9.17, 15) is 0 Å². The number of benzene rings is 1. The summed E-state index contributed by atoms with van der Waals surface area (Å²) in [6, 6.07) is 12.7. The molecule has 1 heterocycles. The number of hydrogen-bond donors (Lipinski definition) is 2. The topological polar surface area (TPSA) is 53.1 Å². The van der Waals surface area contributed by atoms with Crippen molar-refractivity contribution in [2.75, 3.05) is 44.4 Å². The molecule has 5 heteroatoms. The van der Waals surface area contributed by atoms with E-state index in [0.29, 0.717) is 5.92 Å². The number of aromatic nitrogens is 2. The van der Waals surface area contributed by atoms with E-state index in [1.165, 1.54) is 24.1 Å². The molecule has 3 rings (SSSR count). The van der Waals surface area contributed by atoms with Gasteiger partial charge in [0.05, 0.1) is 5.69 Å². The molecule has 0 spiro atoms. The second kappa shape index (κ2) is 8.81. The summed E-state index contributed by atoms with van der Waals surface area (Å²) in [5.74, 6) is 2.31. The Balaban J connectivity index is 1.56. The molecule has 1 saturated carbocycles. The first-order valence-corrected chi connectivity index (χ1v) is 9.26. The molecule has 0 radical (unpaired) electrons. The van der Waals surface area contributed by atoms with Gasteiger partial charge in [-0.3, -0.25) is 0 Å². The molecule has 0 aliphatic heterocycles. The van der Waals surface area contributed by atoms with Gasteiger partial charge in [0, 0.05) is 25.1 Å². The fourth-order valence-corrected chi connectivity index (χ4v) is 2.80. The van der Waals surface area contributed by atoms with Crippen molar-refractivity contribution in [3.05, 3.63) is 47.7 Å². The van der Waals surface area contributed by atoms with Crippen LogP contribution in [0.3, 0.4) is 0 Å². The molecule has 0 saturated heterocycles. The zero-order valence-corrected chi connectivity index (χ0v) is 15.3. The Morgan fingerprint density at radius 3 is 2.56 bits per heavy atom. The van der Waals surface area contributed by atoms with Crippen molar-refractivity contribution in [2.24, 2.45) is 0 Å². The van der Waals surface area contributed by atoms with Crippen molar-refractivity contribution < 1.29 is 0 Å². The van der Waals surface area contributed by atoms with E-state index < -0.39 is 0 Å². The summed E-state index contributed by atoms with van der Waals surface area (Å²) in [7, 11) is 4.19. The second-order valence-electron chi connectivity index (χ2n) is 7.02. The molecule has 2 N–H and O–H groups in total. The summed E-state index contributed by atoms with van der Waals surface area (Å²) in [5, 5.41) is 6.85. The molecule has 0 bridgehead atoms. The van der Waals surface area contributed by atoms with Gasteiger partial charge in [-0.25, -0.2) is 4.98 Å². The standard InChI is InChI=1S/C20H29N5/c1-25(2)14-6-12-22-20-23-18(17-9-10-17)15-19(24-20)21-13-11-16-7-4-3-5-8-16/h3-5,7-8,15,17H,6,9-14H2,1-2H3,(H2,21,22,23,24). The zero-order valence-electron chi connectivity index (χ0n) is 15.3. The fraction of sp³-hybridized carbons (Fsp3) is 0.500. The number of nitrogens with zero attached hydrogens (tertiary/aromatic N) is 3. The summed E-state index contributed by atoms with van der Waals surface area (Å²) in [4.78, 5) is 11.5. The van der Waals surface area contributed by atoms with Crippen LogP contribution in [-0.2, 0) is 6.42 Å². The minimum absolute atomic E-state index is 0.625. The van der Waals surface area contributed by atoms with E-state index in [1.54, 1.807) is 0 Å². The molecule has 25 heavy (non-hydrogen) atoms. The maximum atomic E-state index is 4.70. The molecular weight excluding hydrogens is 310 g/mol. The van der Waals surface area contributed by atoms with Gasteiger partial charge in [-0.05, 0) is 51.9 Å². The molecule has 1 fully saturated rings. The van der Waals surface area contributed by atoms with Crippen LogP contribution in [0.5, 0.6) is 0 Å². The van der Waals surface area contributed by atoms with Gasteiger partial charge < -0.3 is 15.5 Å². The number of anilines is 2. The van der Waals surface area contributed by atoms with Crippen molar-refractivity contribution >= 4 is 11.8 Å². The van der Waals surface area contributed by atoms with Crippen LogP contribution in [0.1, 0.15) is 36.4 Å². The highest BCUT2D eigenvalue weighted by molar-refractivity contribution is 5.44. The highest BCUT2D eigenvalue weighted by Gasteiger charge is 2.26. The van der Waals surface area contributed by atoms with Crippen LogP contribution >= 0.6 is 0 Å². The lowest BCUT2D eigenvalue weighted by molar-refractivity contribution is 0.405. The van der Waals surface area contributed by atoms with E-state index >= 15 is 0 Å². The molecule has 2 aromatic rings. The lowest BCUT2D eigenvalue weighted by Crippen LogP contribution is -2.17. The van der Waals surface area contributed by atoms with Crippen molar-refractivity contribution in [3.63, 3.8) is 0 Å². The minimum atomic E-state index is 0.625. The molecule has 5 nitrogen and oxygen atoms in total. The quantitative estimate of drug-likeness (QED) is 0.650. The smallest absolute Gasteiger partial charge is 0.224 e. The van der Waals surface area contributed by atoms with Crippen LogP contribution in [0.2, 0.25) is 0 Å². The Hall–Kier alpha value is -2.14. The predicted molar refractivity (Wildman–Crippen MR) is 104 cm³/mol. The highest BCUT2D eigenvalue weighted by Crippen LogP contribution is 2.39. The Kier molecular flexibility index (Phi) is 6.23. The monoisotopic (exact) mass is 339 g/mol. The van der Waals surface area contributed by atoms with Crippen LogP contribution in [0, 0.1) is 0 Å². The lowest BCUT2D eigenvalue weighted by Gasteiger charge is -2.12. The first-order valence-electron chi connectivity index (χ1n) is 9.26. The van der Waals surface area contributed by atoms with Crippen molar-refractivity contribution in [3.8, 4) is 0 Å². The maximum absolute atomic E-state index is 4.70. The van der Waals surface area contributed by atoms with Crippen LogP contribution < -0.4 is 10.6 Å². The van der Waals surface area contributed by atoms with Gasteiger partial charge in [-0.1, -0.05) is 30.3 Å². The van der Waals surface area contributed by atoms with Gasteiger partial charge in [0.2, 0.25) is 5.95 Å².